The van der Waals surface area contributed by atoms with E-state index in [0.717, 1.165) is 5.76 Å². The van der Waals surface area contributed by atoms with Gasteiger partial charge in [0, 0.05) is 5.75 Å². The van der Waals surface area contributed by atoms with Crippen LogP contribution in [-0.2, 0) is 10.5 Å². The standard InChI is InChI=1S/C8H9ClO3S/c9-7-2-1-6(12-7)5-13-4-3-8(10)11/h1-2H,3-5H2,(H,10,11). The second-order valence-corrected chi connectivity index (χ2v) is 3.88. The summed E-state index contributed by atoms with van der Waals surface area (Å²) in [5.74, 6) is 1.26. The number of furan rings is 1. The van der Waals surface area contributed by atoms with Gasteiger partial charge in [0.2, 0.25) is 0 Å². The van der Waals surface area contributed by atoms with Crippen LogP contribution in [0.25, 0.3) is 0 Å². The van der Waals surface area contributed by atoms with Crippen molar-refractivity contribution >= 4 is 29.3 Å². The summed E-state index contributed by atoms with van der Waals surface area (Å²) in [6, 6.07) is 3.46. The number of hydrogen-bond donors (Lipinski definition) is 1. The highest BCUT2D eigenvalue weighted by molar-refractivity contribution is 7.98. The van der Waals surface area contributed by atoms with Gasteiger partial charge in [-0.15, -0.1) is 0 Å². The molecule has 1 heterocycles. The van der Waals surface area contributed by atoms with Crippen molar-refractivity contribution in [2.24, 2.45) is 0 Å². The molecule has 1 aromatic rings. The minimum Gasteiger partial charge on any atom is -0.481 e. The lowest BCUT2D eigenvalue weighted by Gasteiger charge is -1.95. The van der Waals surface area contributed by atoms with Gasteiger partial charge in [-0.1, -0.05) is 0 Å². The first-order valence-electron chi connectivity index (χ1n) is 3.72. The number of aliphatic carboxylic acids is 1. The van der Waals surface area contributed by atoms with E-state index in [4.69, 9.17) is 21.1 Å². The molecule has 0 radical (unpaired) electrons. The maximum Gasteiger partial charge on any atom is 0.304 e. The highest BCUT2D eigenvalue weighted by Gasteiger charge is 2.01. The molecule has 0 amide bonds. The normalized spacial score (nSPS) is 10.2. The molecule has 1 N–H and O–H groups in total. The third-order valence-electron chi connectivity index (χ3n) is 1.33. The molecule has 0 aromatic carbocycles. The first-order valence-corrected chi connectivity index (χ1v) is 5.25. The van der Waals surface area contributed by atoms with E-state index in [2.05, 4.69) is 0 Å². The van der Waals surface area contributed by atoms with Crippen molar-refractivity contribution in [2.75, 3.05) is 5.75 Å². The van der Waals surface area contributed by atoms with Crippen LogP contribution in [0.2, 0.25) is 5.22 Å². The number of carboxylic acid groups (broad SMARTS) is 1. The minimum atomic E-state index is -0.773. The average Bonchev–Trinajstić information content (AvgIpc) is 2.45. The molecule has 0 saturated carbocycles. The van der Waals surface area contributed by atoms with Crippen LogP contribution >= 0.6 is 23.4 Å². The summed E-state index contributed by atoms with van der Waals surface area (Å²) < 4.78 is 5.09. The van der Waals surface area contributed by atoms with Gasteiger partial charge in [-0.2, -0.15) is 11.8 Å². The zero-order valence-electron chi connectivity index (χ0n) is 6.83. The lowest BCUT2D eigenvalue weighted by molar-refractivity contribution is -0.136. The highest BCUT2D eigenvalue weighted by Crippen LogP contribution is 2.18. The Labute approximate surface area is 85.1 Å². The van der Waals surface area contributed by atoms with Crippen molar-refractivity contribution in [2.45, 2.75) is 12.2 Å². The van der Waals surface area contributed by atoms with E-state index in [1.54, 1.807) is 12.1 Å². The van der Waals surface area contributed by atoms with Gasteiger partial charge in [-0.05, 0) is 23.7 Å². The molecule has 0 aliphatic rings. The maximum atomic E-state index is 10.2. The number of rotatable bonds is 5. The third-order valence-corrected chi connectivity index (χ3v) is 2.52. The van der Waals surface area contributed by atoms with Crippen LogP contribution in [0.3, 0.4) is 0 Å². The SMILES string of the molecule is O=C(O)CCSCc1ccc(Cl)o1. The Balaban J connectivity index is 2.16. The Bertz CT molecular complexity index is 285. The smallest absolute Gasteiger partial charge is 0.304 e. The first kappa shape index (κ1) is 10.5. The maximum absolute atomic E-state index is 10.2. The predicted octanol–water partition coefficient (Wildman–Crippen LogP) is 2.64. The van der Waals surface area contributed by atoms with Gasteiger partial charge in [0.05, 0.1) is 12.2 Å². The lowest BCUT2D eigenvalue weighted by atomic mass is 10.5. The third kappa shape index (κ3) is 4.24. The van der Waals surface area contributed by atoms with Crippen LogP contribution in [0.4, 0.5) is 0 Å². The van der Waals surface area contributed by atoms with Crippen molar-refractivity contribution in [1.82, 2.24) is 0 Å². The van der Waals surface area contributed by atoms with Gasteiger partial charge in [-0.3, -0.25) is 4.79 Å². The molecule has 0 aliphatic carbocycles. The lowest BCUT2D eigenvalue weighted by Crippen LogP contribution is -1.95. The van der Waals surface area contributed by atoms with Crippen LogP contribution in [-0.4, -0.2) is 16.8 Å². The van der Waals surface area contributed by atoms with E-state index in [-0.39, 0.29) is 6.42 Å². The molecule has 13 heavy (non-hydrogen) atoms. The molecule has 0 fully saturated rings. The van der Waals surface area contributed by atoms with E-state index in [9.17, 15) is 4.79 Å². The molecule has 0 bridgehead atoms. The van der Waals surface area contributed by atoms with Crippen molar-refractivity contribution in [3.8, 4) is 0 Å². The largest absolute Gasteiger partial charge is 0.481 e. The molecular formula is C8H9ClO3S. The topological polar surface area (TPSA) is 50.4 Å². The van der Waals surface area contributed by atoms with Crippen molar-refractivity contribution < 1.29 is 14.3 Å². The summed E-state index contributed by atoms with van der Waals surface area (Å²) in [6.45, 7) is 0. The quantitative estimate of drug-likeness (QED) is 0.776. The molecule has 0 saturated heterocycles. The van der Waals surface area contributed by atoms with Gasteiger partial charge in [0.1, 0.15) is 5.76 Å². The predicted molar refractivity (Wildman–Crippen MR) is 52.1 cm³/mol. The zero-order chi connectivity index (χ0) is 9.68. The average molecular weight is 221 g/mol. The molecule has 1 aromatic heterocycles. The van der Waals surface area contributed by atoms with Crippen molar-refractivity contribution in [3.63, 3.8) is 0 Å². The van der Waals surface area contributed by atoms with Gasteiger partial charge in [-0.25, -0.2) is 0 Å². The minimum absolute atomic E-state index is 0.180. The summed E-state index contributed by atoms with van der Waals surface area (Å²) in [7, 11) is 0. The van der Waals surface area contributed by atoms with E-state index in [1.165, 1.54) is 11.8 Å². The van der Waals surface area contributed by atoms with Crippen LogP contribution in [0.5, 0.6) is 0 Å². The van der Waals surface area contributed by atoms with Crippen LogP contribution in [0.1, 0.15) is 12.2 Å². The van der Waals surface area contributed by atoms with Gasteiger partial charge in [0.25, 0.3) is 0 Å². The Kier molecular flexibility index (Phi) is 4.18. The number of halogens is 1. The molecule has 1 rings (SSSR count). The van der Waals surface area contributed by atoms with Crippen LogP contribution in [0, 0.1) is 0 Å². The second kappa shape index (κ2) is 5.19. The Hall–Kier alpha value is -0.610. The Morgan fingerprint density at radius 2 is 2.38 bits per heavy atom. The zero-order valence-corrected chi connectivity index (χ0v) is 8.40. The molecule has 0 aliphatic heterocycles. The number of carbonyl (C=O) groups is 1. The van der Waals surface area contributed by atoms with E-state index < -0.39 is 5.97 Å². The fraction of sp³-hybridized carbons (Fsp3) is 0.375. The van der Waals surface area contributed by atoms with Crippen LogP contribution < -0.4 is 0 Å². The molecule has 0 atom stereocenters. The number of thioether (sulfide) groups is 1. The van der Waals surface area contributed by atoms with Crippen LogP contribution in [0.15, 0.2) is 16.5 Å². The molecule has 72 valence electrons. The number of hydrogen-bond acceptors (Lipinski definition) is 3. The first-order chi connectivity index (χ1) is 6.18. The van der Waals surface area contributed by atoms with Crippen molar-refractivity contribution in [3.05, 3.63) is 23.1 Å². The van der Waals surface area contributed by atoms with E-state index >= 15 is 0 Å². The Morgan fingerprint density at radius 1 is 1.62 bits per heavy atom. The fourth-order valence-corrected chi connectivity index (χ4v) is 1.74. The number of carboxylic acids is 1. The molecule has 0 spiro atoms. The Morgan fingerprint density at radius 3 is 2.92 bits per heavy atom. The van der Waals surface area contributed by atoms with E-state index in [0.29, 0.717) is 16.7 Å². The van der Waals surface area contributed by atoms with Crippen molar-refractivity contribution in [1.29, 1.82) is 0 Å². The second-order valence-electron chi connectivity index (χ2n) is 2.40. The summed E-state index contributed by atoms with van der Waals surface area (Å²) in [6.07, 6.45) is 0.180. The summed E-state index contributed by atoms with van der Waals surface area (Å²) in [5.41, 5.74) is 0. The van der Waals surface area contributed by atoms with Gasteiger partial charge in [0.15, 0.2) is 5.22 Å². The summed E-state index contributed by atoms with van der Waals surface area (Å²) in [5, 5.41) is 8.73. The molecule has 0 unspecified atom stereocenters. The van der Waals surface area contributed by atoms with E-state index in [1.807, 2.05) is 0 Å². The monoisotopic (exact) mass is 220 g/mol. The summed E-state index contributed by atoms with van der Waals surface area (Å²) in [4.78, 5) is 10.2. The fourth-order valence-electron chi connectivity index (χ4n) is 0.762. The van der Waals surface area contributed by atoms with Gasteiger partial charge < -0.3 is 9.52 Å². The van der Waals surface area contributed by atoms with Gasteiger partial charge >= 0.3 is 5.97 Å². The molecule has 3 nitrogen and oxygen atoms in total. The highest BCUT2D eigenvalue weighted by atomic mass is 35.5. The summed E-state index contributed by atoms with van der Waals surface area (Å²) >= 11 is 7.07. The molecular weight excluding hydrogens is 212 g/mol. The molecule has 5 heteroatoms.